The Morgan fingerprint density at radius 2 is 2.14 bits per heavy atom. The predicted octanol–water partition coefficient (Wildman–Crippen LogP) is 1.98. The van der Waals surface area contributed by atoms with Crippen LogP contribution in [0.4, 0.5) is 0 Å². The highest BCUT2D eigenvalue weighted by molar-refractivity contribution is 9.24. The van der Waals surface area contributed by atoms with Crippen LogP contribution in [-0.4, -0.2) is 16.2 Å². The van der Waals surface area contributed by atoms with E-state index in [1.165, 1.54) is 6.04 Å². The van der Waals surface area contributed by atoms with Crippen molar-refractivity contribution < 1.29 is 0 Å². The fourth-order valence-electron chi connectivity index (χ4n) is 0.741. The Balaban J connectivity index is 2.06. The molecule has 2 radical (unpaired) electrons. The van der Waals surface area contributed by atoms with Gasteiger partial charge in [-0.05, 0) is 0 Å². The van der Waals surface area contributed by atoms with Crippen LogP contribution in [0.15, 0.2) is 0 Å². The molecule has 0 unspecified atom stereocenters. The van der Waals surface area contributed by atoms with Crippen molar-refractivity contribution in [1.29, 1.82) is 0 Å². The van der Waals surface area contributed by atoms with Crippen molar-refractivity contribution in [3.8, 4) is 0 Å². The van der Waals surface area contributed by atoms with E-state index in [2.05, 4.69) is 22.2 Å². The molecule has 0 nitrogen and oxygen atoms in total. The van der Waals surface area contributed by atoms with E-state index in [0.29, 0.717) is 0 Å². The Morgan fingerprint density at radius 3 is 2.29 bits per heavy atom. The van der Waals surface area contributed by atoms with Gasteiger partial charge >= 0.3 is 0 Å². The molecule has 0 aromatic rings. The second-order valence-electron chi connectivity index (χ2n) is 1.97. The molecular weight excluding hydrogens is 184 g/mol. The minimum atomic E-state index is 0.104. The van der Waals surface area contributed by atoms with Gasteiger partial charge in [0.25, 0.3) is 0 Å². The normalized spacial score (nSPS) is 24.9. The van der Waals surface area contributed by atoms with Crippen LogP contribution in [0.3, 0.4) is 0 Å². The highest BCUT2D eigenvalue weighted by atomic mass is 79.9. The Labute approximate surface area is 56.1 Å². The topological polar surface area (TPSA) is 0 Å². The number of halogens is 1. The first-order valence-corrected chi connectivity index (χ1v) is 8.96. The standard InChI is InChI=1S/C4H9BrSi2/c1-2-6-3-7(5)4-6/h2-4H2,1H3. The zero-order valence-electron chi connectivity index (χ0n) is 4.50. The zero-order chi connectivity index (χ0) is 5.28. The minimum Gasteiger partial charge on any atom is -0.129 e. The number of rotatable bonds is 1. The van der Waals surface area contributed by atoms with Gasteiger partial charge in [-0.3, -0.25) is 0 Å². The highest BCUT2D eigenvalue weighted by Crippen LogP contribution is 2.26. The molecule has 0 saturated carbocycles. The van der Waals surface area contributed by atoms with Crippen LogP contribution in [-0.2, 0) is 0 Å². The van der Waals surface area contributed by atoms with Crippen molar-refractivity contribution in [1.82, 2.24) is 0 Å². The lowest BCUT2D eigenvalue weighted by Crippen LogP contribution is -2.34. The summed E-state index contributed by atoms with van der Waals surface area (Å²) in [5.41, 5.74) is 3.23. The first kappa shape index (κ1) is 6.04. The summed E-state index contributed by atoms with van der Waals surface area (Å²) in [5, 5.41) is 0. The van der Waals surface area contributed by atoms with Crippen LogP contribution >= 0.6 is 15.3 Å². The van der Waals surface area contributed by atoms with Gasteiger partial charge in [0, 0.05) is 8.80 Å². The van der Waals surface area contributed by atoms with E-state index >= 15 is 0 Å². The smallest absolute Gasteiger partial charge is 0.129 e. The van der Waals surface area contributed by atoms with E-state index in [9.17, 15) is 0 Å². The van der Waals surface area contributed by atoms with Gasteiger partial charge in [-0.15, -0.1) is 15.3 Å². The molecule has 1 fully saturated rings. The molecule has 1 heterocycles. The first-order valence-electron chi connectivity index (χ1n) is 2.66. The first-order chi connectivity index (χ1) is 3.33. The van der Waals surface area contributed by atoms with E-state index < -0.39 is 0 Å². The third-order valence-corrected chi connectivity index (χ3v) is 14.5. The molecule has 3 heteroatoms. The lowest BCUT2D eigenvalue weighted by Gasteiger charge is -2.26. The molecule has 0 spiro atoms. The minimum absolute atomic E-state index is 0.104. The largest absolute Gasteiger partial charge is 0.129 e. The molecule has 0 aromatic heterocycles. The van der Waals surface area contributed by atoms with E-state index in [1.54, 1.807) is 11.3 Å². The molecule has 1 saturated heterocycles. The summed E-state index contributed by atoms with van der Waals surface area (Å²) < 4.78 is 0. The molecule has 40 valence electrons. The average Bonchev–Trinajstić information content (AvgIpc) is 1.58. The van der Waals surface area contributed by atoms with Gasteiger partial charge in [-0.2, -0.15) is 0 Å². The number of hydrogen-bond acceptors (Lipinski definition) is 0. The second-order valence-corrected chi connectivity index (χ2v) is 11.4. The summed E-state index contributed by atoms with van der Waals surface area (Å²) in [6, 6.07) is 1.50. The predicted molar refractivity (Wildman–Crippen MR) is 40.5 cm³/mol. The summed E-state index contributed by atoms with van der Waals surface area (Å²) in [6.45, 7) is 2.33. The van der Waals surface area contributed by atoms with E-state index in [-0.39, 0.29) is 16.2 Å². The van der Waals surface area contributed by atoms with Crippen LogP contribution in [0.1, 0.15) is 6.92 Å². The van der Waals surface area contributed by atoms with E-state index in [4.69, 9.17) is 0 Å². The maximum Gasteiger partial charge on any atom is 0.129 e. The van der Waals surface area contributed by atoms with Crippen LogP contribution in [0.2, 0.25) is 17.4 Å². The summed E-state index contributed by atoms with van der Waals surface area (Å²) >= 11 is 3.67. The fourth-order valence-corrected chi connectivity index (χ4v) is 13.8. The molecule has 0 bridgehead atoms. The third kappa shape index (κ3) is 1.40. The molecule has 7 heavy (non-hydrogen) atoms. The van der Waals surface area contributed by atoms with Crippen molar-refractivity contribution in [2.75, 3.05) is 0 Å². The van der Waals surface area contributed by atoms with Gasteiger partial charge in [0.1, 0.15) is 7.42 Å². The molecule has 1 aliphatic heterocycles. The van der Waals surface area contributed by atoms with Crippen molar-refractivity contribution in [2.24, 2.45) is 0 Å². The maximum absolute atomic E-state index is 3.67. The Bertz CT molecular complexity index is 60.7. The van der Waals surface area contributed by atoms with Gasteiger partial charge < -0.3 is 0 Å². The highest BCUT2D eigenvalue weighted by Gasteiger charge is 2.28. The van der Waals surface area contributed by atoms with Crippen LogP contribution in [0, 0.1) is 0 Å². The van der Waals surface area contributed by atoms with Gasteiger partial charge in [-0.25, -0.2) is 0 Å². The van der Waals surface area contributed by atoms with Crippen LogP contribution < -0.4 is 0 Å². The molecule has 0 amide bonds. The monoisotopic (exact) mass is 192 g/mol. The third-order valence-electron chi connectivity index (χ3n) is 1.38. The quantitative estimate of drug-likeness (QED) is 0.441. The van der Waals surface area contributed by atoms with Crippen molar-refractivity contribution in [2.45, 2.75) is 24.3 Å². The van der Waals surface area contributed by atoms with E-state index in [0.717, 1.165) is 0 Å². The molecule has 1 rings (SSSR count). The Hall–Kier alpha value is 0.914. The number of hydrogen-bond donors (Lipinski definition) is 0. The fraction of sp³-hybridized carbons (Fsp3) is 1.00. The molecule has 0 atom stereocenters. The van der Waals surface area contributed by atoms with Crippen molar-refractivity contribution in [3.05, 3.63) is 0 Å². The molecule has 0 aromatic carbocycles. The van der Waals surface area contributed by atoms with Crippen LogP contribution in [0.5, 0.6) is 0 Å². The van der Waals surface area contributed by atoms with Gasteiger partial charge in [0.2, 0.25) is 0 Å². The zero-order valence-corrected chi connectivity index (χ0v) is 8.09. The summed E-state index contributed by atoms with van der Waals surface area (Å²) in [5.74, 6) is 0. The lowest BCUT2D eigenvalue weighted by atomic mass is 11.0. The molecular formula is C4H9BrSi2. The second kappa shape index (κ2) is 2.46. The van der Waals surface area contributed by atoms with Crippen molar-refractivity contribution in [3.63, 3.8) is 0 Å². The van der Waals surface area contributed by atoms with Crippen LogP contribution in [0.25, 0.3) is 0 Å². The van der Waals surface area contributed by atoms with Gasteiger partial charge in [0.15, 0.2) is 0 Å². The van der Waals surface area contributed by atoms with Gasteiger partial charge in [-0.1, -0.05) is 24.3 Å². The maximum atomic E-state index is 3.67. The average molecular weight is 193 g/mol. The van der Waals surface area contributed by atoms with E-state index in [1.807, 2.05) is 0 Å². The SMILES string of the molecule is CC[Si]1C[Si](Br)C1. The Morgan fingerprint density at radius 1 is 1.57 bits per heavy atom. The summed E-state index contributed by atoms with van der Waals surface area (Å²) in [4.78, 5) is 0. The molecule has 1 aliphatic rings. The lowest BCUT2D eigenvalue weighted by molar-refractivity contribution is 1.35. The summed E-state index contributed by atoms with van der Waals surface area (Å²) in [7, 11) is 0.366. The van der Waals surface area contributed by atoms with Crippen molar-refractivity contribution >= 4 is 31.5 Å². The molecule has 0 aliphatic carbocycles. The Kier molecular flexibility index (Phi) is 2.12. The summed E-state index contributed by atoms with van der Waals surface area (Å²) in [6.07, 6.45) is 0. The van der Waals surface area contributed by atoms with Gasteiger partial charge in [0.05, 0.1) is 0 Å². The molecule has 0 N–H and O–H groups in total.